The summed E-state index contributed by atoms with van der Waals surface area (Å²) in [6.45, 7) is 1.89. The van der Waals surface area contributed by atoms with Crippen molar-refractivity contribution in [2.24, 2.45) is 0 Å². The zero-order chi connectivity index (χ0) is 9.14. The summed E-state index contributed by atoms with van der Waals surface area (Å²) in [5.74, 6) is -0.918. The van der Waals surface area contributed by atoms with E-state index in [-0.39, 0.29) is 11.3 Å². The fourth-order valence-electron chi connectivity index (χ4n) is 0.971. The third kappa shape index (κ3) is 1.94. The Kier molecular flexibility index (Phi) is 2.65. The van der Waals surface area contributed by atoms with E-state index in [4.69, 9.17) is 5.11 Å². The highest BCUT2D eigenvalue weighted by Crippen LogP contribution is 2.10. The summed E-state index contributed by atoms with van der Waals surface area (Å²) >= 11 is 1.08. The average Bonchev–Trinajstić information content (AvgIpc) is 2.29. The Morgan fingerprint density at radius 2 is 2.33 bits per heavy atom. The molecule has 0 spiro atoms. The number of hydrogen-bond acceptors (Lipinski definition) is 3. The lowest BCUT2D eigenvalue weighted by molar-refractivity contribution is -0.136. The number of thiazole rings is 1. The van der Waals surface area contributed by atoms with E-state index in [1.165, 1.54) is 0 Å². The van der Waals surface area contributed by atoms with Crippen molar-refractivity contribution in [2.75, 3.05) is 0 Å². The third-order valence-electron chi connectivity index (χ3n) is 1.45. The number of carboxylic acid groups (broad SMARTS) is 1. The molecule has 0 amide bonds. The molecule has 0 bridgehead atoms. The standard InChI is InChI=1S/C7H9NO3S/c1-2-5-4(3-6(9)10)8-7(11)12-5/h2-3H2,1H3,(H,8,11)(H,9,10). The average molecular weight is 187 g/mol. The number of nitrogens with one attached hydrogen (secondary N) is 1. The van der Waals surface area contributed by atoms with E-state index in [1.54, 1.807) is 0 Å². The zero-order valence-electron chi connectivity index (χ0n) is 6.59. The molecule has 0 aliphatic rings. The van der Waals surface area contributed by atoms with E-state index in [2.05, 4.69) is 4.98 Å². The molecule has 5 heteroatoms. The molecule has 12 heavy (non-hydrogen) atoms. The van der Waals surface area contributed by atoms with Gasteiger partial charge in [0, 0.05) is 10.6 Å². The summed E-state index contributed by atoms with van der Waals surface area (Å²) in [7, 11) is 0. The Labute approximate surface area is 72.9 Å². The van der Waals surface area contributed by atoms with Gasteiger partial charge in [0.05, 0.1) is 6.42 Å². The Morgan fingerprint density at radius 1 is 1.67 bits per heavy atom. The minimum absolute atomic E-state index is 0.0953. The van der Waals surface area contributed by atoms with Crippen LogP contribution in [0.15, 0.2) is 4.79 Å². The Hall–Kier alpha value is -1.10. The number of aromatic amines is 1. The summed E-state index contributed by atoms with van der Waals surface area (Å²) < 4.78 is 0. The van der Waals surface area contributed by atoms with Crippen LogP contribution in [-0.2, 0) is 17.6 Å². The van der Waals surface area contributed by atoms with E-state index >= 15 is 0 Å². The minimum Gasteiger partial charge on any atom is -0.481 e. The van der Waals surface area contributed by atoms with Crippen molar-refractivity contribution in [2.45, 2.75) is 19.8 Å². The molecule has 1 aromatic rings. The molecule has 0 radical (unpaired) electrons. The van der Waals surface area contributed by atoms with Crippen molar-refractivity contribution in [3.8, 4) is 0 Å². The minimum atomic E-state index is -0.918. The third-order valence-corrected chi connectivity index (χ3v) is 2.52. The van der Waals surface area contributed by atoms with Crippen molar-refractivity contribution in [3.63, 3.8) is 0 Å². The topological polar surface area (TPSA) is 70.2 Å². The van der Waals surface area contributed by atoms with Gasteiger partial charge in [-0.15, -0.1) is 0 Å². The van der Waals surface area contributed by atoms with Crippen LogP contribution in [0.1, 0.15) is 17.5 Å². The quantitative estimate of drug-likeness (QED) is 0.729. The molecule has 0 unspecified atom stereocenters. The number of carboxylic acids is 1. The zero-order valence-corrected chi connectivity index (χ0v) is 7.40. The van der Waals surface area contributed by atoms with Gasteiger partial charge in [0.25, 0.3) is 0 Å². The normalized spacial score (nSPS) is 10.1. The Bertz CT molecular complexity index is 339. The second-order valence-electron chi connectivity index (χ2n) is 2.34. The van der Waals surface area contributed by atoms with Crippen LogP contribution in [-0.4, -0.2) is 16.1 Å². The SMILES string of the molecule is CCc1sc(=O)[nH]c1CC(=O)O. The summed E-state index contributed by atoms with van der Waals surface area (Å²) in [5, 5.41) is 8.48. The second kappa shape index (κ2) is 3.53. The molecule has 2 N–H and O–H groups in total. The van der Waals surface area contributed by atoms with E-state index in [1.807, 2.05) is 6.92 Å². The molecule has 0 aliphatic heterocycles. The fourth-order valence-corrected chi connectivity index (χ4v) is 1.76. The fraction of sp³-hybridized carbons (Fsp3) is 0.429. The Balaban J connectivity index is 2.96. The van der Waals surface area contributed by atoms with Gasteiger partial charge in [0.2, 0.25) is 0 Å². The molecule has 1 heterocycles. The molecule has 4 nitrogen and oxygen atoms in total. The number of H-pyrrole nitrogens is 1. The summed E-state index contributed by atoms with van der Waals surface area (Å²) in [5.41, 5.74) is 0.542. The summed E-state index contributed by atoms with van der Waals surface area (Å²) in [4.78, 5) is 24.3. The highest BCUT2D eigenvalue weighted by Gasteiger charge is 2.09. The van der Waals surface area contributed by atoms with Crippen LogP contribution in [0.5, 0.6) is 0 Å². The number of aliphatic carboxylic acids is 1. The van der Waals surface area contributed by atoms with Crippen LogP contribution in [0, 0.1) is 0 Å². The number of carbonyl (C=O) groups is 1. The lowest BCUT2D eigenvalue weighted by Gasteiger charge is -1.94. The molecule has 1 aromatic heterocycles. The smallest absolute Gasteiger partial charge is 0.309 e. The lowest BCUT2D eigenvalue weighted by Crippen LogP contribution is -2.04. The highest BCUT2D eigenvalue weighted by molar-refractivity contribution is 7.09. The van der Waals surface area contributed by atoms with Crippen molar-refractivity contribution in [3.05, 3.63) is 20.2 Å². The summed E-state index contributed by atoms with van der Waals surface area (Å²) in [6.07, 6.45) is 0.605. The van der Waals surface area contributed by atoms with Crippen LogP contribution < -0.4 is 4.87 Å². The molecule has 0 atom stereocenters. The largest absolute Gasteiger partial charge is 0.481 e. The Morgan fingerprint density at radius 3 is 2.83 bits per heavy atom. The lowest BCUT2D eigenvalue weighted by atomic mass is 10.2. The van der Waals surface area contributed by atoms with E-state index < -0.39 is 5.97 Å². The first kappa shape index (κ1) is 8.99. The van der Waals surface area contributed by atoms with Crippen LogP contribution in [0.25, 0.3) is 0 Å². The molecular weight excluding hydrogens is 178 g/mol. The van der Waals surface area contributed by atoms with Gasteiger partial charge in [0.1, 0.15) is 0 Å². The monoisotopic (exact) mass is 187 g/mol. The van der Waals surface area contributed by atoms with Crippen molar-refractivity contribution >= 4 is 17.3 Å². The van der Waals surface area contributed by atoms with E-state index in [0.717, 1.165) is 16.2 Å². The van der Waals surface area contributed by atoms with Gasteiger partial charge in [-0.25, -0.2) is 0 Å². The van der Waals surface area contributed by atoms with Gasteiger partial charge in [-0.05, 0) is 6.42 Å². The molecule has 0 saturated heterocycles. The molecule has 1 rings (SSSR count). The molecule has 66 valence electrons. The van der Waals surface area contributed by atoms with Gasteiger partial charge >= 0.3 is 10.8 Å². The van der Waals surface area contributed by atoms with Crippen molar-refractivity contribution in [1.29, 1.82) is 0 Å². The van der Waals surface area contributed by atoms with Gasteiger partial charge < -0.3 is 10.1 Å². The molecular formula is C7H9NO3S. The van der Waals surface area contributed by atoms with E-state index in [0.29, 0.717) is 12.1 Å². The van der Waals surface area contributed by atoms with Gasteiger partial charge in [-0.2, -0.15) is 0 Å². The predicted molar refractivity (Wildman–Crippen MR) is 45.7 cm³/mol. The molecule has 0 aliphatic carbocycles. The molecule has 0 aromatic carbocycles. The first-order valence-corrected chi connectivity index (χ1v) is 4.37. The van der Waals surface area contributed by atoms with Gasteiger partial charge in [0.15, 0.2) is 0 Å². The van der Waals surface area contributed by atoms with Gasteiger partial charge in [-0.3, -0.25) is 9.59 Å². The van der Waals surface area contributed by atoms with Crippen LogP contribution in [0.3, 0.4) is 0 Å². The maximum atomic E-state index is 10.8. The first-order chi connectivity index (χ1) is 5.63. The second-order valence-corrected chi connectivity index (χ2v) is 3.41. The molecule has 0 saturated carbocycles. The molecule has 0 fully saturated rings. The van der Waals surface area contributed by atoms with Crippen LogP contribution in [0.4, 0.5) is 0 Å². The maximum absolute atomic E-state index is 10.8. The van der Waals surface area contributed by atoms with Crippen molar-refractivity contribution < 1.29 is 9.90 Å². The first-order valence-electron chi connectivity index (χ1n) is 3.56. The maximum Gasteiger partial charge on any atom is 0.309 e. The number of rotatable bonds is 3. The van der Waals surface area contributed by atoms with Crippen molar-refractivity contribution in [1.82, 2.24) is 4.98 Å². The number of aryl methyl sites for hydroxylation is 1. The number of aromatic nitrogens is 1. The van der Waals surface area contributed by atoms with Crippen LogP contribution in [0.2, 0.25) is 0 Å². The number of hydrogen-bond donors (Lipinski definition) is 2. The van der Waals surface area contributed by atoms with E-state index in [9.17, 15) is 9.59 Å². The summed E-state index contributed by atoms with van der Waals surface area (Å²) in [6, 6.07) is 0. The predicted octanol–water partition coefficient (Wildman–Crippen LogP) is 0.626. The van der Waals surface area contributed by atoms with Gasteiger partial charge in [-0.1, -0.05) is 18.3 Å². The van der Waals surface area contributed by atoms with Crippen LogP contribution >= 0.6 is 11.3 Å². The highest BCUT2D eigenvalue weighted by atomic mass is 32.1.